The Hall–Kier alpha value is -1.09. The van der Waals surface area contributed by atoms with E-state index >= 15 is 0 Å². The monoisotopic (exact) mass is 477 g/mol. The van der Waals surface area contributed by atoms with Gasteiger partial charge in [0.15, 0.2) is 17.3 Å². The Balaban J connectivity index is 0.00000312. The molecule has 1 aromatic carbocycles. The van der Waals surface area contributed by atoms with Crippen LogP contribution in [-0.2, 0) is 0 Å². The number of para-hydroxylation sites is 1. The van der Waals surface area contributed by atoms with Gasteiger partial charge in [0.05, 0.1) is 12.6 Å². The number of rotatable bonds is 8. The summed E-state index contributed by atoms with van der Waals surface area (Å²) in [5.74, 6) is 3.58. The lowest BCUT2D eigenvalue weighted by Crippen LogP contribution is -2.39. The maximum atomic E-state index is 6.03. The number of benzene rings is 1. The topological polar surface area (TPSA) is 58.8 Å². The maximum Gasteiger partial charge on any atom is 0.191 e. The molecule has 2 rings (SSSR count). The quantitative estimate of drug-likeness (QED) is 0.255. The second-order valence-corrected chi connectivity index (χ2v) is 6.45. The first-order valence-corrected chi connectivity index (χ1v) is 9.70. The van der Waals surface area contributed by atoms with Gasteiger partial charge in [-0.1, -0.05) is 12.1 Å². The Kier molecular flexibility index (Phi) is 10.1. The zero-order valence-corrected chi connectivity index (χ0v) is 18.4. The number of aliphatic imine (C=N–C) groups is 1. The average Bonchev–Trinajstić information content (AvgIpc) is 3.03. The Labute approximate surface area is 171 Å². The summed E-state index contributed by atoms with van der Waals surface area (Å²) in [6.07, 6.45) is 3.23. The molecule has 0 aliphatic rings. The zero-order chi connectivity index (χ0) is 17.4. The van der Waals surface area contributed by atoms with E-state index in [4.69, 9.17) is 9.15 Å². The van der Waals surface area contributed by atoms with Crippen LogP contribution in [0.5, 0.6) is 5.75 Å². The van der Waals surface area contributed by atoms with Gasteiger partial charge in [-0.15, -0.1) is 24.0 Å². The lowest BCUT2D eigenvalue weighted by atomic mass is 10.2. The molecule has 0 radical (unpaired) electrons. The van der Waals surface area contributed by atoms with Crippen LogP contribution in [-0.4, -0.2) is 38.2 Å². The SMILES string of the molecule is CCOc1cccc2cc(C(C)NC(=NC)NCCCSC)oc12.I. The molecule has 0 fully saturated rings. The van der Waals surface area contributed by atoms with Gasteiger partial charge in [0.1, 0.15) is 5.76 Å². The van der Waals surface area contributed by atoms with Crippen molar-refractivity contribution in [1.82, 2.24) is 10.6 Å². The minimum absolute atomic E-state index is 0. The van der Waals surface area contributed by atoms with E-state index < -0.39 is 0 Å². The smallest absolute Gasteiger partial charge is 0.191 e. The molecule has 25 heavy (non-hydrogen) atoms. The first-order chi connectivity index (χ1) is 11.7. The standard InChI is InChI=1S/C18H27N3O2S.HI/c1-5-22-15-9-6-8-14-12-16(23-17(14)15)13(2)21-18(19-3)20-10-7-11-24-4;/h6,8-9,12-13H,5,7,10-11H2,1-4H3,(H2,19,20,21);1H. The third-order valence-corrected chi connectivity index (χ3v) is 4.35. The molecule has 2 N–H and O–H groups in total. The van der Waals surface area contributed by atoms with Gasteiger partial charge in [0.2, 0.25) is 0 Å². The summed E-state index contributed by atoms with van der Waals surface area (Å²) < 4.78 is 11.7. The molecule has 0 amide bonds. The normalized spacial score (nSPS) is 12.6. The highest BCUT2D eigenvalue weighted by Gasteiger charge is 2.15. The van der Waals surface area contributed by atoms with E-state index in [1.165, 1.54) is 0 Å². The number of hydrogen-bond donors (Lipinski definition) is 2. The van der Waals surface area contributed by atoms with Crippen LogP contribution in [0.4, 0.5) is 0 Å². The second-order valence-electron chi connectivity index (χ2n) is 5.47. The predicted molar refractivity (Wildman–Crippen MR) is 119 cm³/mol. The van der Waals surface area contributed by atoms with Crippen molar-refractivity contribution in [3.05, 3.63) is 30.0 Å². The van der Waals surface area contributed by atoms with E-state index in [2.05, 4.69) is 34.9 Å². The fourth-order valence-corrected chi connectivity index (χ4v) is 2.87. The largest absolute Gasteiger partial charge is 0.490 e. The molecule has 0 aliphatic heterocycles. The Morgan fingerprint density at radius 1 is 1.40 bits per heavy atom. The summed E-state index contributed by atoms with van der Waals surface area (Å²) in [4.78, 5) is 4.27. The van der Waals surface area contributed by atoms with E-state index in [-0.39, 0.29) is 30.0 Å². The second kappa shape index (κ2) is 11.5. The number of ether oxygens (including phenoxy) is 1. The number of thioether (sulfide) groups is 1. The summed E-state index contributed by atoms with van der Waals surface area (Å²) in [7, 11) is 1.78. The van der Waals surface area contributed by atoms with Gasteiger partial charge in [-0.2, -0.15) is 11.8 Å². The minimum atomic E-state index is 0. The lowest BCUT2D eigenvalue weighted by Gasteiger charge is -2.16. The summed E-state index contributed by atoms with van der Waals surface area (Å²) in [6.45, 7) is 5.56. The van der Waals surface area contributed by atoms with Crippen molar-refractivity contribution >= 4 is 52.7 Å². The third kappa shape index (κ3) is 6.29. The van der Waals surface area contributed by atoms with Crippen molar-refractivity contribution in [3.63, 3.8) is 0 Å². The molecule has 0 saturated heterocycles. The molecule has 140 valence electrons. The molecule has 2 aromatic rings. The molecule has 1 aromatic heterocycles. The molecule has 1 unspecified atom stereocenters. The van der Waals surface area contributed by atoms with E-state index in [0.717, 1.165) is 47.2 Å². The van der Waals surface area contributed by atoms with Crippen molar-refractivity contribution in [2.75, 3.05) is 32.2 Å². The average molecular weight is 477 g/mol. The van der Waals surface area contributed by atoms with Crippen LogP contribution in [0.25, 0.3) is 11.0 Å². The van der Waals surface area contributed by atoms with E-state index in [1.54, 1.807) is 7.05 Å². The number of nitrogens with zero attached hydrogens (tertiary/aromatic N) is 1. The molecule has 0 aliphatic carbocycles. The van der Waals surface area contributed by atoms with E-state index in [9.17, 15) is 0 Å². The molecular weight excluding hydrogens is 449 g/mol. The number of fused-ring (bicyclic) bond motifs is 1. The third-order valence-electron chi connectivity index (χ3n) is 3.65. The summed E-state index contributed by atoms with van der Waals surface area (Å²) >= 11 is 1.85. The Morgan fingerprint density at radius 3 is 2.88 bits per heavy atom. The van der Waals surface area contributed by atoms with Gasteiger partial charge < -0.3 is 19.8 Å². The lowest BCUT2D eigenvalue weighted by molar-refractivity contribution is 0.336. The van der Waals surface area contributed by atoms with Crippen LogP contribution in [0.1, 0.15) is 32.1 Å². The first kappa shape index (κ1) is 22.0. The molecule has 0 spiro atoms. The molecule has 0 saturated carbocycles. The maximum absolute atomic E-state index is 6.03. The minimum Gasteiger partial charge on any atom is -0.490 e. The Morgan fingerprint density at radius 2 is 2.20 bits per heavy atom. The van der Waals surface area contributed by atoms with Crippen LogP contribution < -0.4 is 15.4 Å². The van der Waals surface area contributed by atoms with Crippen molar-refractivity contribution in [2.45, 2.75) is 26.3 Å². The van der Waals surface area contributed by atoms with E-state index in [0.29, 0.717) is 6.61 Å². The van der Waals surface area contributed by atoms with Crippen molar-refractivity contribution in [3.8, 4) is 5.75 Å². The fraction of sp³-hybridized carbons (Fsp3) is 0.500. The number of hydrogen-bond acceptors (Lipinski definition) is 4. The zero-order valence-electron chi connectivity index (χ0n) is 15.3. The van der Waals surface area contributed by atoms with Gasteiger partial charge in [0.25, 0.3) is 0 Å². The molecule has 7 heteroatoms. The number of halogens is 1. The van der Waals surface area contributed by atoms with Gasteiger partial charge >= 0.3 is 0 Å². The molecule has 1 heterocycles. The van der Waals surface area contributed by atoms with Crippen LogP contribution in [0.15, 0.2) is 33.7 Å². The summed E-state index contributed by atoms with van der Waals surface area (Å²) in [5, 5.41) is 7.75. The number of furan rings is 1. The predicted octanol–water partition coefficient (Wildman–Crippen LogP) is 4.43. The van der Waals surface area contributed by atoms with Gasteiger partial charge in [0, 0.05) is 19.0 Å². The Bertz CT molecular complexity index is 675. The number of guanidine groups is 1. The fourth-order valence-electron chi connectivity index (χ4n) is 2.43. The van der Waals surface area contributed by atoms with Gasteiger partial charge in [-0.25, -0.2) is 0 Å². The van der Waals surface area contributed by atoms with Crippen LogP contribution in [0.2, 0.25) is 0 Å². The highest BCUT2D eigenvalue weighted by molar-refractivity contribution is 14.0. The molecule has 5 nitrogen and oxygen atoms in total. The highest BCUT2D eigenvalue weighted by Crippen LogP contribution is 2.31. The summed E-state index contributed by atoms with van der Waals surface area (Å²) in [5.41, 5.74) is 0.797. The van der Waals surface area contributed by atoms with Crippen molar-refractivity contribution in [1.29, 1.82) is 0 Å². The highest BCUT2D eigenvalue weighted by atomic mass is 127. The molecular formula is C18H28IN3O2S. The molecule has 1 atom stereocenters. The first-order valence-electron chi connectivity index (χ1n) is 8.31. The molecule has 0 bridgehead atoms. The van der Waals surface area contributed by atoms with Crippen molar-refractivity contribution < 1.29 is 9.15 Å². The van der Waals surface area contributed by atoms with Gasteiger partial charge in [-0.3, -0.25) is 4.99 Å². The van der Waals surface area contributed by atoms with Gasteiger partial charge in [-0.05, 0) is 44.4 Å². The van der Waals surface area contributed by atoms with Crippen LogP contribution in [0, 0.1) is 0 Å². The van der Waals surface area contributed by atoms with Crippen LogP contribution in [0.3, 0.4) is 0 Å². The van der Waals surface area contributed by atoms with Crippen molar-refractivity contribution in [2.24, 2.45) is 4.99 Å². The summed E-state index contributed by atoms with van der Waals surface area (Å²) in [6, 6.07) is 8.02. The number of nitrogens with one attached hydrogen (secondary N) is 2. The van der Waals surface area contributed by atoms with Crippen LogP contribution >= 0.6 is 35.7 Å². The van der Waals surface area contributed by atoms with E-state index in [1.807, 2.05) is 36.9 Å².